The maximum Gasteiger partial charge on any atom is 0.208 e. The first kappa shape index (κ1) is 17.3. The molecule has 4 aliphatic carbocycles. The molecule has 2 aliphatic heterocycles. The maximum atomic E-state index is 13.3. The molecular formula is C20H28O6. The fourth-order valence-electron chi connectivity index (χ4n) is 7.90. The van der Waals surface area contributed by atoms with Crippen molar-refractivity contribution in [1.82, 2.24) is 0 Å². The number of aliphatic hydroxyl groups excluding tert-OH is 3. The van der Waals surface area contributed by atoms with E-state index in [4.69, 9.17) is 4.74 Å². The Kier molecular flexibility index (Phi) is 3.07. The molecule has 0 unspecified atom stereocenters. The van der Waals surface area contributed by atoms with Gasteiger partial charge in [-0.2, -0.15) is 0 Å². The lowest BCUT2D eigenvalue weighted by atomic mass is 9.35. The van der Waals surface area contributed by atoms with Gasteiger partial charge in [0.15, 0.2) is 5.78 Å². The van der Waals surface area contributed by atoms with Crippen molar-refractivity contribution in [2.75, 3.05) is 6.61 Å². The second-order valence-corrected chi connectivity index (χ2v) is 9.97. The summed E-state index contributed by atoms with van der Waals surface area (Å²) in [5, 5.41) is 45.1. The van der Waals surface area contributed by atoms with Gasteiger partial charge in [0.05, 0.1) is 18.8 Å². The summed E-state index contributed by atoms with van der Waals surface area (Å²) in [5.41, 5.74) is -2.49. The van der Waals surface area contributed by atoms with Gasteiger partial charge in [-0.15, -0.1) is 0 Å². The van der Waals surface area contributed by atoms with E-state index in [1.807, 2.05) is 13.8 Å². The zero-order valence-corrected chi connectivity index (χ0v) is 15.3. The van der Waals surface area contributed by atoms with E-state index in [0.717, 1.165) is 6.42 Å². The fraction of sp³-hybridized carbons (Fsp3) is 0.850. The first-order valence-electron chi connectivity index (χ1n) is 9.71. The van der Waals surface area contributed by atoms with Gasteiger partial charge < -0.3 is 25.2 Å². The molecule has 26 heavy (non-hydrogen) atoms. The molecule has 2 saturated heterocycles. The zero-order chi connectivity index (χ0) is 18.9. The van der Waals surface area contributed by atoms with Gasteiger partial charge in [0.25, 0.3) is 0 Å². The quantitative estimate of drug-likeness (QED) is 0.463. The number of ether oxygens (including phenoxy) is 1. The lowest BCUT2D eigenvalue weighted by Crippen LogP contribution is -2.85. The molecule has 4 N–H and O–H groups in total. The Bertz CT molecular complexity index is 717. The first-order chi connectivity index (χ1) is 12.1. The van der Waals surface area contributed by atoms with Gasteiger partial charge in [-0.3, -0.25) is 4.79 Å². The molecule has 0 aromatic heterocycles. The Morgan fingerprint density at radius 1 is 1.12 bits per heavy atom. The molecule has 2 spiro atoms. The minimum atomic E-state index is -2.15. The highest BCUT2D eigenvalue weighted by molar-refractivity contribution is 6.05. The second kappa shape index (κ2) is 4.61. The predicted octanol–water partition coefficient (Wildman–Crippen LogP) is 0.376. The van der Waals surface area contributed by atoms with Crippen molar-refractivity contribution in [1.29, 1.82) is 0 Å². The van der Waals surface area contributed by atoms with Crippen LogP contribution >= 0.6 is 0 Å². The molecule has 0 amide bonds. The van der Waals surface area contributed by atoms with Crippen LogP contribution in [0.2, 0.25) is 0 Å². The fourth-order valence-corrected chi connectivity index (χ4v) is 7.90. The minimum absolute atomic E-state index is 0.0966. The van der Waals surface area contributed by atoms with Gasteiger partial charge in [-0.1, -0.05) is 20.4 Å². The van der Waals surface area contributed by atoms with Crippen molar-refractivity contribution in [3.63, 3.8) is 0 Å². The molecule has 2 heterocycles. The molecule has 6 nitrogen and oxygen atoms in total. The van der Waals surface area contributed by atoms with E-state index in [1.54, 1.807) is 0 Å². The number of ketones is 1. The van der Waals surface area contributed by atoms with E-state index in [1.165, 1.54) is 0 Å². The van der Waals surface area contributed by atoms with Crippen LogP contribution in [-0.2, 0) is 9.53 Å². The minimum Gasteiger partial charge on any atom is -0.392 e. The van der Waals surface area contributed by atoms with Crippen molar-refractivity contribution >= 4 is 5.78 Å². The molecule has 144 valence electrons. The molecule has 4 saturated carbocycles. The zero-order valence-electron chi connectivity index (χ0n) is 15.3. The molecule has 6 aliphatic rings. The van der Waals surface area contributed by atoms with Gasteiger partial charge in [-0.05, 0) is 42.6 Å². The van der Waals surface area contributed by atoms with E-state index in [-0.39, 0.29) is 12.0 Å². The lowest BCUT2D eigenvalue weighted by molar-refractivity contribution is -0.458. The van der Waals surface area contributed by atoms with Crippen molar-refractivity contribution in [3.05, 3.63) is 12.2 Å². The molecule has 4 bridgehead atoms. The largest absolute Gasteiger partial charge is 0.392 e. The highest BCUT2D eigenvalue weighted by Crippen LogP contribution is 2.76. The maximum absolute atomic E-state index is 13.3. The highest BCUT2D eigenvalue weighted by atomic mass is 16.6. The first-order valence-corrected chi connectivity index (χ1v) is 9.71. The summed E-state index contributed by atoms with van der Waals surface area (Å²) in [7, 11) is 0. The Morgan fingerprint density at radius 2 is 1.81 bits per heavy atom. The summed E-state index contributed by atoms with van der Waals surface area (Å²) in [6, 6.07) is 0. The van der Waals surface area contributed by atoms with E-state index >= 15 is 0 Å². The van der Waals surface area contributed by atoms with Crippen LogP contribution in [0.25, 0.3) is 0 Å². The Balaban J connectivity index is 1.81. The number of Topliss-reactive ketones (excluding diaryl/α,β-unsaturated/α-hetero) is 1. The van der Waals surface area contributed by atoms with E-state index < -0.39 is 58.5 Å². The number of hydrogen-bond acceptors (Lipinski definition) is 6. The Morgan fingerprint density at radius 3 is 2.50 bits per heavy atom. The third kappa shape index (κ3) is 1.41. The molecule has 0 aromatic rings. The number of aliphatic hydroxyl groups is 4. The van der Waals surface area contributed by atoms with Gasteiger partial charge >= 0.3 is 0 Å². The van der Waals surface area contributed by atoms with E-state index in [9.17, 15) is 25.2 Å². The normalized spacial score (nSPS) is 59.9. The smallest absolute Gasteiger partial charge is 0.208 e. The van der Waals surface area contributed by atoms with Crippen molar-refractivity contribution < 1.29 is 30.0 Å². The van der Waals surface area contributed by atoms with Crippen LogP contribution in [0.4, 0.5) is 0 Å². The average Bonchev–Trinajstić information content (AvgIpc) is 2.69. The number of rotatable bonds is 0. The third-order valence-electron chi connectivity index (χ3n) is 8.88. The number of carbonyl (C=O) groups is 1. The summed E-state index contributed by atoms with van der Waals surface area (Å²) in [4.78, 5) is 13.3. The van der Waals surface area contributed by atoms with Crippen LogP contribution in [-0.4, -0.2) is 56.9 Å². The summed E-state index contributed by atoms with van der Waals surface area (Å²) in [6.45, 7) is 8.07. The highest BCUT2D eigenvalue weighted by Gasteiger charge is 2.86. The van der Waals surface area contributed by atoms with Gasteiger partial charge in [0.1, 0.15) is 11.5 Å². The van der Waals surface area contributed by atoms with Gasteiger partial charge in [0, 0.05) is 17.3 Å². The molecule has 6 fully saturated rings. The van der Waals surface area contributed by atoms with Crippen LogP contribution < -0.4 is 0 Å². The average molecular weight is 364 g/mol. The number of hydrogen-bond donors (Lipinski definition) is 4. The van der Waals surface area contributed by atoms with Crippen molar-refractivity contribution in [2.24, 2.45) is 34.0 Å². The van der Waals surface area contributed by atoms with Crippen LogP contribution in [0, 0.1) is 34.0 Å². The van der Waals surface area contributed by atoms with Crippen molar-refractivity contribution in [3.8, 4) is 0 Å². The molecule has 0 aromatic carbocycles. The van der Waals surface area contributed by atoms with Crippen LogP contribution in [0.1, 0.15) is 39.5 Å². The van der Waals surface area contributed by atoms with E-state index in [2.05, 4.69) is 6.58 Å². The summed E-state index contributed by atoms with van der Waals surface area (Å²) in [6.07, 6.45) is -0.747. The third-order valence-corrected chi connectivity index (χ3v) is 8.88. The number of carbonyl (C=O) groups excluding carboxylic acids is 1. The van der Waals surface area contributed by atoms with Crippen LogP contribution in [0.15, 0.2) is 12.2 Å². The molecule has 0 radical (unpaired) electrons. The molecular weight excluding hydrogens is 336 g/mol. The standard InChI is InChI=1S/C20H28O6/c1-9-10-4-5-11-18-8-26-20(25,19(11,14(9)22)15(10)23)16(24)13(18)17(2,3)7-6-12(18)21/h10-13,15-16,21,23-25H,1,4-8H2,2-3H3/t10-,11+,12-,13-,15+,16-,18-,19+,20+/m1/s1. The number of fused-ring (bicyclic) bond motifs is 2. The predicted molar refractivity (Wildman–Crippen MR) is 90.7 cm³/mol. The SMILES string of the molecule is C=C1C(=O)[C@]23[C@@H](O)[C@@H]1CC[C@H]2[C@@]12CO[C@@]3(O)[C@H](O)[C@@H]1C(C)(C)CC[C@H]2O. The topological polar surface area (TPSA) is 107 Å². The molecule has 9 atom stereocenters. The van der Waals surface area contributed by atoms with Crippen LogP contribution in [0.3, 0.4) is 0 Å². The monoisotopic (exact) mass is 364 g/mol. The second-order valence-electron chi connectivity index (χ2n) is 9.97. The summed E-state index contributed by atoms with van der Waals surface area (Å²) in [5.74, 6) is -3.80. The summed E-state index contributed by atoms with van der Waals surface area (Å²) >= 11 is 0. The lowest BCUT2D eigenvalue weighted by Gasteiger charge is -2.74. The van der Waals surface area contributed by atoms with Crippen molar-refractivity contribution in [2.45, 2.75) is 63.6 Å². The molecule has 6 rings (SSSR count). The van der Waals surface area contributed by atoms with Gasteiger partial charge in [0.2, 0.25) is 5.79 Å². The summed E-state index contributed by atoms with van der Waals surface area (Å²) < 4.78 is 5.80. The molecule has 6 heteroatoms. The van der Waals surface area contributed by atoms with E-state index in [0.29, 0.717) is 24.8 Å². The Hall–Kier alpha value is -0.790. The Labute approximate surface area is 152 Å². The van der Waals surface area contributed by atoms with Gasteiger partial charge in [-0.25, -0.2) is 0 Å². The van der Waals surface area contributed by atoms with Crippen LogP contribution in [0.5, 0.6) is 0 Å².